The number of rotatable bonds is 10. The quantitative estimate of drug-likeness (QED) is 0.245. The van der Waals surface area contributed by atoms with Gasteiger partial charge in [0.25, 0.3) is 0 Å². The number of amides is 2. The van der Waals surface area contributed by atoms with Crippen molar-refractivity contribution in [3.63, 3.8) is 0 Å². The van der Waals surface area contributed by atoms with Gasteiger partial charge in [-0.15, -0.1) is 12.4 Å². The molecule has 1 aromatic rings. The van der Waals surface area contributed by atoms with Gasteiger partial charge in [0.1, 0.15) is 6.04 Å². The predicted octanol–water partition coefficient (Wildman–Crippen LogP) is -0.753. The molecule has 0 heterocycles. The standard InChI is InChI=1S/C17H25N5O4.ClH.H2O/c18-13(16(25)26)7-4-10-22(17(19)20)15(24)11-21-14(23)9-8-12-5-2-1-3-6-12;;/h1-3,5-6,13H,4,7-11,18H2,(H3,19,20)(H,21,23)(H,25,26);1H;1H2/t13-;;/m0../s1. The lowest BCUT2D eigenvalue weighted by molar-refractivity contribution is -0.138. The van der Waals surface area contributed by atoms with Gasteiger partial charge in [-0.25, -0.2) is 0 Å². The summed E-state index contributed by atoms with van der Waals surface area (Å²) >= 11 is 0. The molecule has 1 aromatic carbocycles. The number of nitrogens with two attached hydrogens (primary N) is 2. The van der Waals surface area contributed by atoms with E-state index in [2.05, 4.69) is 5.32 Å². The third-order valence-electron chi connectivity index (χ3n) is 3.73. The number of aliphatic carboxylic acids is 1. The summed E-state index contributed by atoms with van der Waals surface area (Å²) in [6, 6.07) is 8.46. The summed E-state index contributed by atoms with van der Waals surface area (Å²) < 4.78 is 0. The zero-order chi connectivity index (χ0) is 19.5. The summed E-state index contributed by atoms with van der Waals surface area (Å²) in [5, 5.41) is 18.7. The van der Waals surface area contributed by atoms with Crippen molar-refractivity contribution >= 4 is 36.2 Å². The van der Waals surface area contributed by atoms with E-state index in [-0.39, 0.29) is 56.1 Å². The van der Waals surface area contributed by atoms with Crippen LogP contribution in [-0.2, 0) is 20.8 Å². The highest BCUT2D eigenvalue weighted by Gasteiger charge is 2.18. The Morgan fingerprint density at radius 3 is 2.36 bits per heavy atom. The molecule has 0 fully saturated rings. The SMILES string of the molecule is Cl.N=C(N)N(CCC[C@H](N)C(=O)O)C(=O)CNC(=O)CCc1ccccc1.O. The highest BCUT2D eigenvalue weighted by atomic mass is 35.5. The van der Waals surface area contributed by atoms with Crippen molar-refractivity contribution < 1.29 is 25.0 Å². The second kappa shape index (κ2) is 14.4. The fourth-order valence-electron chi connectivity index (χ4n) is 2.23. The molecule has 0 bridgehead atoms. The minimum atomic E-state index is -1.13. The Labute approximate surface area is 169 Å². The number of halogens is 1. The molecule has 9 N–H and O–H groups in total. The third-order valence-corrected chi connectivity index (χ3v) is 3.73. The highest BCUT2D eigenvalue weighted by Crippen LogP contribution is 2.02. The molecule has 0 spiro atoms. The van der Waals surface area contributed by atoms with E-state index in [9.17, 15) is 14.4 Å². The van der Waals surface area contributed by atoms with Crippen LogP contribution >= 0.6 is 12.4 Å². The summed E-state index contributed by atoms with van der Waals surface area (Å²) in [5.74, 6) is -2.40. The van der Waals surface area contributed by atoms with Crippen molar-refractivity contribution in [1.82, 2.24) is 10.2 Å². The van der Waals surface area contributed by atoms with Crippen LogP contribution in [0.1, 0.15) is 24.8 Å². The van der Waals surface area contributed by atoms with E-state index in [1.165, 1.54) is 0 Å². The van der Waals surface area contributed by atoms with Crippen molar-refractivity contribution in [2.45, 2.75) is 31.7 Å². The van der Waals surface area contributed by atoms with Crippen LogP contribution in [-0.4, -0.2) is 58.4 Å². The first-order chi connectivity index (χ1) is 12.3. The molecule has 28 heavy (non-hydrogen) atoms. The molecule has 10 nitrogen and oxygen atoms in total. The summed E-state index contributed by atoms with van der Waals surface area (Å²) in [7, 11) is 0. The molecule has 0 saturated heterocycles. The highest BCUT2D eigenvalue weighted by molar-refractivity contribution is 5.97. The Morgan fingerprint density at radius 1 is 1.21 bits per heavy atom. The molecule has 158 valence electrons. The van der Waals surface area contributed by atoms with Crippen LogP contribution in [0.5, 0.6) is 0 Å². The van der Waals surface area contributed by atoms with Crippen LogP contribution in [0, 0.1) is 5.41 Å². The first kappa shape index (κ1) is 27.5. The van der Waals surface area contributed by atoms with Crippen molar-refractivity contribution in [2.24, 2.45) is 11.5 Å². The number of benzene rings is 1. The lowest BCUT2D eigenvalue weighted by Crippen LogP contribution is -2.47. The molecule has 0 aliphatic carbocycles. The Bertz CT molecular complexity index is 644. The lowest BCUT2D eigenvalue weighted by Gasteiger charge is -2.21. The van der Waals surface area contributed by atoms with Gasteiger partial charge in [-0.1, -0.05) is 30.3 Å². The molecule has 2 amide bonds. The average Bonchev–Trinajstić information content (AvgIpc) is 2.61. The van der Waals surface area contributed by atoms with Gasteiger partial charge in [-0.05, 0) is 24.8 Å². The number of carbonyl (C=O) groups is 3. The molecule has 0 aliphatic rings. The fraction of sp³-hybridized carbons (Fsp3) is 0.412. The maximum absolute atomic E-state index is 12.1. The molecule has 0 radical (unpaired) electrons. The molecule has 1 atom stereocenters. The minimum absolute atomic E-state index is 0. The van der Waals surface area contributed by atoms with Gasteiger partial charge in [-0.3, -0.25) is 24.7 Å². The van der Waals surface area contributed by atoms with E-state index in [0.29, 0.717) is 6.42 Å². The first-order valence-electron chi connectivity index (χ1n) is 8.24. The predicted molar refractivity (Wildman–Crippen MR) is 107 cm³/mol. The molecule has 11 heteroatoms. The number of hydrogen-bond acceptors (Lipinski definition) is 5. The monoisotopic (exact) mass is 417 g/mol. The summed E-state index contributed by atoms with van der Waals surface area (Å²) in [5.41, 5.74) is 11.8. The Kier molecular flexibility index (Phi) is 14.1. The number of carboxylic acids is 1. The van der Waals surface area contributed by atoms with Gasteiger partial charge in [0.2, 0.25) is 11.8 Å². The lowest BCUT2D eigenvalue weighted by atomic mass is 10.1. The number of carbonyl (C=O) groups excluding carboxylic acids is 2. The van der Waals surface area contributed by atoms with E-state index >= 15 is 0 Å². The number of hydrogen-bond donors (Lipinski definition) is 5. The van der Waals surface area contributed by atoms with Crippen molar-refractivity contribution in [3.8, 4) is 0 Å². The van der Waals surface area contributed by atoms with E-state index < -0.39 is 23.9 Å². The topological polar surface area (TPSA) is 194 Å². The van der Waals surface area contributed by atoms with Crippen LogP contribution in [0.3, 0.4) is 0 Å². The second-order valence-corrected chi connectivity index (χ2v) is 5.78. The molecule has 0 aromatic heterocycles. The number of nitrogens with one attached hydrogen (secondary N) is 2. The summed E-state index contributed by atoms with van der Waals surface area (Å²) in [6.45, 7) is -0.215. The number of carboxylic acid groups (broad SMARTS) is 1. The Morgan fingerprint density at radius 2 is 1.82 bits per heavy atom. The number of guanidine groups is 1. The van der Waals surface area contributed by atoms with Gasteiger partial charge in [0, 0.05) is 13.0 Å². The Balaban J connectivity index is 0. The number of aryl methyl sites for hydroxylation is 1. The first-order valence-corrected chi connectivity index (χ1v) is 8.24. The van der Waals surface area contributed by atoms with Gasteiger partial charge in [0.05, 0.1) is 6.54 Å². The zero-order valence-corrected chi connectivity index (χ0v) is 16.2. The van der Waals surface area contributed by atoms with Gasteiger partial charge in [0.15, 0.2) is 5.96 Å². The van der Waals surface area contributed by atoms with Crippen LogP contribution in [0.15, 0.2) is 30.3 Å². The smallest absolute Gasteiger partial charge is 0.320 e. The van der Waals surface area contributed by atoms with Crippen molar-refractivity contribution in [1.29, 1.82) is 5.41 Å². The van der Waals surface area contributed by atoms with Crippen molar-refractivity contribution in [3.05, 3.63) is 35.9 Å². The molecular weight excluding hydrogens is 390 g/mol. The van der Waals surface area contributed by atoms with Crippen molar-refractivity contribution in [2.75, 3.05) is 13.1 Å². The van der Waals surface area contributed by atoms with Gasteiger partial charge >= 0.3 is 5.97 Å². The minimum Gasteiger partial charge on any atom is -0.480 e. The zero-order valence-electron chi connectivity index (χ0n) is 15.4. The maximum Gasteiger partial charge on any atom is 0.320 e. The fourth-order valence-corrected chi connectivity index (χ4v) is 2.23. The average molecular weight is 418 g/mol. The van der Waals surface area contributed by atoms with Crippen LogP contribution in [0.4, 0.5) is 0 Å². The third kappa shape index (κ3) is 10.5. The number of nitrogens with zero attached hydrogens (tertiary/aromatic N) is 1. The Hall–Kier alpha value is -2.69. The second-order valence-electron chi connectivity index (χ2n) is 5.78. The van der Waals surface area contributed by atoms with Gasteiger partial charge in [-0.2, -0.15) is 0 Å². The van der Waals surface area contributed by atoms with E-state index in [4.69, 9.17) is 22.0 Å². The summed E-state index contributed by atoms with van der Waals surface area (Å²) in [4.78, 5) is 35.6. The van der Waals surface area contributed by atoms with E-state index in [1.807, 2.05) is 30.3 Å². The normalized spacial score (nSPS) is 10.6. The van der Waals surface area contributed by atoms with Crippen LogP contribution < -0.4 is 16.8 Å². The van der Waals surface area contributed by atoms with E-state index in [1.54, 1.807) is 0 Å². The van der Waals surface area contributed by atoms with Crippen LogP contribution in [0.2, 0.25) is 0 Å². The molecule has 0 unspecified atom stereocenters. The maximum atomic E-state index is 12.1. The summed E-state index contributed by atoms with van der Waals surface area (Å²) in [6.07, 6.45) is 1.23. The largest absolute Gasteiger partial charge is 0.480 e. The molecule has 0 saturated carbocycles. The van der Waals surface area contributed by atoms with Gasteiger partial charge < -0.3 is 27.4 Å². The van der Waals surface area contributed by atoms with Crippen LogP contribution in [0.25, 0.3) is 0 Å². The molecule has 1 rings (SSSR count). The molecular formula is C17H28ClN5O5. The van der Waals surface area contributed by atoms with E-state index in [0.717, 1.165) is 10.5 Å². The molecule has 0 aliphatic heterocycles.